The maximum atomic E-state index is 17.0. The maximum Gasteiger partial charge on any atom is 0.319 e. The molecule has 0 aliphatic carbocycles. The molecule has 4 aromatic rings. The number of likely N-dealkylation sites (tertiary alicyclic amines) is 1. The number of halogens is 3. The smallest absolute Gasteiger partial charge is 0.319 e. The summed E-state index contributed by atoms with van der Waals surface area (Å²) in [6.07, 6.45) is 2.63. The van der Waals surface area contributed by atoms with E-state index in [1.807, 2.05) is 6.92 Å². The summed E-state index contributed by atoms with van der Waals surface area (Å²) in [5.74, 6) is -0.738. The summed E-state index contributed by atoms with van der Waals surface area (Å²) in [7, 11) is 2.07. The number of likely N-dealkylation sites (N-methyl/N-ethyl adjacent to an activating group) is 1. The molecule has 3 aliphatic heterocycles. The lowest BCUT2D eigenvalue weighted by molar-refractivity contribution is 0.112. The van der Waals surface area contributed by atoms with E-state index in [4.69, 9.17) is 31.8 Å². The van der Waals surface area contributed by atoms with Crippen LogP contribution in [0.25, 0.3) is 32.1 Å². The molecule has 2 saturated heterocycles. The van der Waals surface area contributed by atoms with Crippen molar-refractivity contribution in [2.45, 2.75) is 44.4 Å². The van der Waals surface area contributed by atoms with E-state index in [9.17, 15) is 9.65 Å². The Kier molecular flexibility index (Phi) is 7.16. The van der Waals surface area contributed by atoms with Crippen molar-refractivity contribution in [2.75, 3.05) is 55.8 Å². The van der Waals surface area contributed by atoms with Crippen LogP contribution in [0.3, 0.4) is 0 Å². The lowest BCUT2D eigenvalue weighted by Crippen LogP contribution is -2.39. The second-order valence-electron chi connectivity index (χ2n) is 11.3. The van der Waals surface area contributed by atoms with Crippen LogP contribution in [-0.4, -0.2) is 73.0 Å². The first kappa shape index (κ1) is 28.3. The summed E-state index contributed by atoms with van der Waals surface area (Å²) in [6, 6.07) is 5.03. The number of thiophene rings is 1. The second-order valence-corrected chi connectivity index (χ2v) is 12.8. The van der Waals surface area contributed by atoms with Gasteiger partial charge in [-0.2, -0.15) is 15.2 Å². The molecule has 5 heterocycles. The van der Waals surface area contributed by atoms with Crippen molar-refractivity contribution in [1.82, 2.24) is 14.9 Å². The Hall–Kier alpha value is -3.50. The topological polar surface area (TPSA) is 113 Å². The van der Waals surface area contributed by atoms with Crippen LogP contribution < -0.4 is 20.7 Å². The lowest BCUT2D eigenvalue weighted by atomic mass is 9.96. The largest absolute Gasteiger partial charge is 0.459 e. The van der Waals surface area contributed by atoms with Crippen LogP contribution in [-0.2, 0) is 4.74 Å². The van der Waals surface area contributed by atoms with E-state index in [2.05, 4.69) is 33.2 Å². The monoisotopic (exact) mass is 625 g/mol. The average molecular weight is 626 g/mol. The third kappa shape index (κ3) is 4.52. The Morgan fingerprint density at radius 3 is 2.81 bits per heavy atom. The first-order valence-electron chi connectivity index (χ1n) is 14.4. The second kappa shape index (κ2) is 10.9. The molecule has 0 saturated carbocycles. The van der Waals surface area contributed by atoms with Crippen molar-refractivity contribution >= 4 is 60.4 Å². The van der Waals surface area contributed by atoms with Crippen LogP contribution in [0.2, 0.25) is 5.02 Å². The van der Waals surface area contributed by atoms with Crippen molar-refractivity contribution in [3.8, 4) is 23.2 Å². The van der Waals surface area contributed by atoms with Gasteiger partial charge in [0.05, 0.1) is 39.0 Å². The Morgan fingerprint density at radius 2 is 2.09 bits per heavy atom. The Balaban J connectivity index is 1.49. The number of nitriles is 1. The Labute approximate surface area is 256 Å². The predicted molar refractivity (Wildman–Crippen MR) is 165 cm³/mol. The van der Waals surface area contributed by atoms with Crippen molar-refractivity contribution in [3.05, 3.63) is 34.4 Å². The number of rotatable bonds is 5. The summed E-state index contributed by atoms with van der Waals surface area (Å²) >= 11 is 7.99. The number of nitrogens with zero attached hydrogens (tertiary/aromatic N) is 5. The van der Waals surface area contributed by atoms with Gasteiger partial charge in [-0.3, -0.25) is 4.90 Å². The van der Waals surface area contributed by atoms with E-state index in [-0.39, 0.29) is 66.5 Å². The number of fused-ring (bicyclic) bond motifs is 1. The summed E-state index contributed by atoms with van der Waals surface area (Å²) in [5, 5.41) is 14.2. The van der Waals surface area contributed by atoms with Crippen molar-refractivity contribution < 1.29 is 18.3 Å². The van der Waals surface area contributed by atoms with Gasteiger partial charge in [-0.15, -0.1) is 11.3 Å². The van der Waals surface area contributed by atoms with E-state index < -0.39 is 11.6 Å². The highest BCUT2D eigenvalue weighted by Crippen LogP contribution is 2.50. The molecular weight excluding hydrogens is 596 g/mol. The number of hydrogen-bond donors (Lipinski definition) is 2. The quantitative estimate of drug-likeness (QED) is 0.285. The first-order chi connectivity index (χ1) is 20.8. The standard InChI is InChI=1S/C30H30ClF2N7O2S/c1-14(19-4-3-9-39(19)2)42-30-37-26-22-25(36-8-10-40(29(22)38-30)15-7-11-41-13-15)23(31)21(24(26)33)16-5-6-18(32)27-20(16)17(12-34)28(35)43-27/h5-6,14-15,19,36H,3-4,7-11,13,35H2,1-2H3/t14-,15?,19?/m0/s1. The lowest BCUT2D eigenvalue weighted by Gasteiger charge is -2.30. The molecule has 0 amide bonds. The van der Waals surface area contributed by atoms with Crippen molar-refractivity contribution in [1.29, 1.82) is 5.26 Å². The van der Waals surface area contributed by atoms with Crippen LogP contribution in [0.5, 0.6) is 6.01 Å². The molecule has 2 unspecified atom stereocenters. The van der Waals surface area contributed by atoms with Crippen molar-refractivity contribution in [3.63, 3.8) is 0 Å². The van der Waals surface area contributed by atoms with E-state index in [0.717, 1.165) is 37.1 Å². The number of nitrogens with two attached hydrogens (primary N) is 1. The number of aromatic nitrogens is 2. The van der Waals surface area contributed by atoms with Crippen molar-refractivity contribution in [2.24, 2.45) is 0 Å². The number of hydrogen-bond acceptors (Lipinski definition) is 10. The summed E-state index contributed by atoms with van der Waals surface area (Å²) in [5.41, 5.74) is 6.94. The van der Waals surface area contributed by atoms with E-state index in [1.165, 1.54) is 12.1 Å². The van der Waals surface area contributed by atoms with Gasteiger partial charge in [0.1, 0.15) is 34.3 Å². The summed E-state index contributed by atoms with van der Waals surface area (Å²) < 4.78 is 44.1. The van der Waals surface area contributed by atoms with Gasteiger partial charge in [0, 0.05) is 36.7 Å². The molecule has 0 radical (unpaired) electrons. The minimum Gasteiger partial charge on any atom is -0.459 e. The van der Waals surface area contributed by atoms with Crippen LogP contribution in [0.15, 0.2) is 12.1 Å². The minimum absolute atomic E-state index is 0.00721. The summed E-state index contributed by atoms with van der Waals surface area (Å²) in [6.45, 7) is 5.19. The van der Waals surface area contributed by atoms with Crippen LogP contribution >= 0.6 is 22.9 Å². The molecule has 7 rings (SSSR count). The predicted octanol–water partition coefficient (Wildman–Crippen LogP) is 5.78. The molecule has 3 N–H and O–H groups in total. The van der Waals surface area contributed by atoms with Crippen LogP contribution in [0, 0.1) is 23.0 Å². The fourth-order valence-corrected chi connectivity index (χ4v) is 8.04. The molecule has 224 valence electrons. The molecule has 3 atom stereocenters. The minimum atomic E-state index is -0.712. The molecular formula is C30H30ClF2N7O2S. The molecule has 0 bridgehead atoms. The zero-order valence-corrected chi connectivity index (χ0v) is 25.3. The SMILES string of the molecule is C[C@H](Oc1nc2c3c(c(Cl)c(-c4ccc(F)c5sc(N)c(C#N)c45)c(F)c3n1)NCCN2C1CCOC1)C1CCCN1C. The van der Waals surface area contributed by atoms with Gasteiger partial charge in [0.2, 0.25) is 0 Å². The average Bonchev–Trinajstić information content (AvgIpc) is 3.72. The molecule has 3 aliphatic rings. The van der Waals surface area contributed by atoms with E-state index in [1.54, 1.807) is 0 Å². The third-order valence-corrected chi connectivity index (χ3v) is 10.3. The number of nitrogens with one attached hydrogen (secondary N) is 1. The van der Waals surface area contributed by atoms with Gasteiger partial charge < -0.3 is 25.4 Å². The van der Waals surface area contributed by atoms with Gasteiger partial charge in [-0.05, 0) is 51.4 Å². The zero-order chi connectivity index (χ0) is 30.0. The Morgan fingerprint density at radius 1 is 1.26 bits per heavy atom. The van der Waals surface area contributed by atoms with Gasteiger partial charge in [-0.25, -0.2) is 8.78 Å². The van der Waals surface area contributed by atoms with E-state index in [0.29, 0.717) is 43.2 Å². The molecule has 0 spiro atoms. The number of benzene rings is 2. The number of ether oxygens (including phenoxy) is 2. The summed E-state index contributed by atoms with van der Waals surface area (Å²) in [4.78, 5) is 13.9. The van der Waals surface area contributed by atoms with Crippen LogP contribution in [0.1, 0.15) is 31.7 Å². The van der Waals surface area contributed by atoms with Gasteiger partial charge in [0.25, 0.3) is 0 Å². The normalized spacial score (nSPS) is 21.3. The van der Waals surface area contributed by atoms with E-state index >= 15 is 4.39 Å². The van der Waals surface area contributed by atoms with Gasteiger partial charge in [0.15, 0.2) is 5.82 Å². The number of anilines is 3. The third-order valence-electron chi connectivity index (χ3n) is 8.87. The molecule has 2 aromatic heterocycles. The number of nitrogen functional groups attached to an aromatic ring is 1. The molecule has 2 fully saturated rings. The highest BCUT2D eigenvalue weighted by Gasteiger charge is 2.35. The maximum absolute atomic E-state index is 17.0. The first-order valence-corrected chi connectivity index (χ1v) is 15.6. The molecule has 43 heavy (non-hydrogen) atoms. The highest BCUT2D eigenvalue weighted by molar-refractivity contribution is 7.23. The molecule has 13 heteroatoms. The fourth-order valence-electron chi connectivity index (χ4n) is 6.74. The van der Waals surface area contributed by atoms with Gasteiger partial charge >= 0.3 is 6.01 Å². The highest BCUT2D eigenvalue weighted by atomic mass is 35.5. The zero-order valence-electron chi connectivity index (χ0n) is 23.7. The van der Waals surface area contributed by atoms with Crippen LogP contribution in [0.4, 0.5) is 25.3 Å². The molecule has 2 aromatic carbocycles. The fraction of sp³-hybridized carbons (Fsp3) is 0.433. The Bertz CT molecular complexity index is 1810. The molecule has 9 nitrogen and oxygen atoms in total. The van der Waals surface area contributed by atoms with Gasteiger partial charge in [-0.1, -0.05) is 17.7 Å².